The summed E-state index contributed by atoms with van der Waals surface area (Å²) in [5.74, 6) is 0. The molecule has 0 spiro atoms. The van der Waals surface area contributed by atoms with Gasteiger partial charge in [0.2, 0.25) is 0 Å². The first kappa shape index (κ1) is 16.1. The van der Waals surface area contributed by atoms with E-state index in [2.05, 4.69) is 43.8 Å². The van der Waals surface area contributed by atoms with Gasteiger partial charge < -0.3 is 9.67 Å². The lowest BCUT2D eigenvalue weighted by Gasteiger charge is -2.20. The number of benzene rings is 1. The largest absolute Gasteiger partial charge is 0.390 e. The van der Waals surface area contributed by atoms with Crippen molar-refractivity contribution in [1.29, 1.82) is 0 Å². The van der Waals surface area contributed by atoms with Crippen LogP contribution in [0.4, 0.5) is 0 Å². The summed E-state index contributed by atoms with van der Waals surface area (Å²) in [5.41, 5.74) is 4.43. The lowest BCUT2D eigenvalue weighted by atomic mass is 10.2. The van der Waals surface area contributed by atoms with E-state index in [1.54, 1.807) is 0 Å². The highest BCUT2D eigenvalue weighted by Crippen LogP contribution is 2.17. The molecule has 1 aromatic carbocycles. The van der Waals surface area contributed by atoms with Crippen LogP contribution in [0.5, 0.6) is 0 Å². The molecule has 0 saturated heterocycles. The van der Waals surface area contributed by atoms with Gasteiger partial charge in [0, 0.05) is 38.9 Å². The molecule has 25 heavy (non-hydrogen) atoms. The summed E-state index contributed by atoms with van der Waals surface area (Å²) in [7, 11) is 0. The number of aliphatic hydroxyl groups excluding tert-OH is 1. The van der Waals surface area contributed by atoms with E-state index >= 15 is 0 Å². The Morgan fingerprint density at radius 1 is 1.08 bits per heavy atom. The normalized spacial score (nSPS) is 15.1. The Morgan fingerprint density at radius 2 is 1.96 bits per heavy atom. The lowest BCUT2D eigenvalue weighted by molar-refractivity contribution is 0.254. The Bertz CT molecular complexity index is 823. The van der Waals surface area contributed by atoms with Crippen LogP contribution in [0.2, 0.25) is 0 Å². The smallest absolute Gasteiger partial charge is 0.0951 e. The van der Waals surface area contributed by atoms with E-state index in [-0.39, 0.29) is 6.61 Å². The van der Waals surface area contributed by atoms with Gasteiger partial charge in [0.1, 0.15) is 0 Å². The molecule has 0 atom stereocenters. The van der Waals surface area contributed by atoms with Gasteiger partial charge in [-0.05, 0) is 18.1 Å². The summed E-state index contributed by atoms with van der Waals surface area (Å²) < 4.78 is 4.25. The van der Waals surface area contributed by atoms with Crippen LogP contribution in [0, 0.1) is 0 Å². The van der Waals surface area contributed by atoms with Crippen LogP contribution >= 0.6 is 0 Å². The minimum absolute atomic E-state index is 0.00382. The minimum atomic E-state index is 0.00382. The molecule has 1 aliphatic rings. The first-order valence-corrected chi connectivity index (χ1v) is 8.73. The number of nitrogens with zero attached hydrogens (tertiary/aromatic N) is 5. The monoisotopic (exact) mass is 337 g/mol. The van der Waals surface area contributed by atoms with Gasteiger partial charge in [-0.1, -0.05) is 30.3 Å². The van der Waals surface area contributed by atoms with Crippen molar-refractivity contribution in [2.75, 3.05) is 6.54 Å². The Labute approximate surface area is 147 Å². The van der Waals surface area contributed by atoms with Crippen LogP contribution in [0.15, 0.2) is 48.9 Å². The molecule has 4 rings (SSSR count). The van der Waals surface area contributed by atoms with Crippen molar-refractivity contribution in [3.63, 3.8) is 0 Å². The van der Waals surface area contributed by atoms with Crippen molar-refractivity contribution < 1.29 is 5.11 Å². The van der Waals surface area contributed by atoms with E-state index in [1.807, 2.05) is 29.3 Å². The Kier molecular flexibility index (Phi) is 4.63. The van der Waals surface area contributed by atoms with Crippen molar-refractivity contribution in [2.45, 2.75) is 39.2 Å². The molecular weight excluding hydrogens is 314 g/mol. The number of aromatic nitrogens is 4. The summed E-state index contributed by atoms with van der Waals surface area (Å²) in [6.45, 7) is 4.51. The van der Waals surface area contributed by atoms with Crippen molar-refractivity contribution >= 4 is 0 Å². The maximum absolute atomic E-state index is 9.31. The molecule has 0 aliphatic carbocycles. The second kappa shape index (κ2) is 7.21. The number of aryl methyl sites for hydroxylation is 1. The summed E-state index contributed by atoms with van der Waals surface area (Å²) in [6.07, 6.45) is 4.94. The molecule has 1 N–H and O–H groups in total. The van der Waals surface area contributed by atoms with E-state index < -0.39 is 0 Å². The predicted octanol–water partition coefficient (Wildman–Crippen LogP) is 2.03. The number of hydrogen-bond acceptors (Lipinski definition) is 4. The van der Waals surface area contributed by atoms with Gasteiger partial charge >= 0.3 is 0 Å². The molecule has 2 aromatic heterocycles. The average molecular weight is 337 g/mol. The molecule has 0 amide bonds. The standard InChI is InChI=1S/C19H23N5O/c25-14-17-9-18-12-22(7-4-8-24(18)21-17)13-19-10-20-15-23(19)11-16-5-2-1-3-6-16/h1-3,5-6,9-10,15,25H,4,7-8,11-14H2. The zero-order chi connectivity index (χ0) is 17.1. The molecule has 0 fully saturated rings. The van der Waals surface area contributed by atoms with Gasteiger partial charge in [0.05, 0.1) is 30.0 Å². The number of hydrogen-bond donors (Lipinski definition) is 1. The molecule has 6 nitrogen and oxygen atoms in total. The molecule has 1 aliphatic heterocycles. The molecule has 0 radical (unpaired) electrons. The van der Waals surface area contributed by atoms with E-state index in [0.29, 0.717) is 0 Å². The second-order valence-electron chi connectivity index (χ2n) is 6.57. The third-order valence-corrected chi connectivity index (χ3v) is 4.69. The average Bonchev–Trinajstić information content (AvgIpc) is 3.18. The highest BCUT2D eigenvalue weighted by molar-refractivity contribution is 5.16. The second-order valence-corrected chi connectivity index (χ2v) is 6.57. The van der Waals surface area contributed by atoms with Crippen molar-refractivity contribution in [1.82, 2.24) is 24.2 Å². The van der Waals surface area contributed by atoms with Crippen LogP contribution in [-0.4, -0.2) is 35.9 Å². The fourth-order valence-electron chi connectivity index (χ4n) is 3.43. The van der Waals surface area contributed by atoms with E-state index in [4.69, 9.17) is 0 Å². The fourth-order valence-corrected chi connectivity index (χ4v) is 3.43. The molecule has 3 heterocycles. The summed E-state index contributed by atoms with van der Waals surface area (Å²) >= 11 is 0. The lowest BCUT2D eigenvalue weighted by Crippen LogP contribution is -2.24. The maximum Gasteiger partial charge on any atom is 0.0951 e. The molecule has 3 aromatic rings. The Hall–Kier alpha value is -2.44. The zero-order valence-electron chi connectivity index (χ0n) is 14.3. The van der Waals surface area contributed by atoms with Crippen molar-refractivity contribution in [2.24, 2.45) is 0 Å². The first-order chi connectivity index (χ1) is 12.3. The van der Waals surface area contributed by atoms with Gasteiger partial charge in [-0.15, -0.1) is 0 Å². The summed E-state index contributed by atoms with van der Waals surface area (Å²) in [4.78, 5) is 6.79. The number of imidazole rings is 1. The van der Waals surface area contributed by atoms with Crippen molar-refractivity contribution in [3.8, 4) is 0 Å². The molecule has 0 bridgehead atoms. The Morgan fingerprint density at radius 3 is 2.80 bits per heavy atom. The predicted molar refractivity (Wildman–Crippen MR) is 94.7 cm³/mol. The quantitative estimate of drug-likeness (QED) is 0.774. The van der Waals surface area contributed by atoms with Gasteiger partial charge in [-0.25, -0.2) is 4.98 Å². The SMILES string of the molecule is OCc1cc2n(n1)CCCN(Cc1cncn1Cc1ccccc1)C2. The van der Waals surface area contributed by atoms with Gasteiger partial charge in [0.25, 0.3) is 0 Å². The van der Waals surface area contributed by atoms with E-state index in [1.165, 1.54) is 17.0 Å². The summed E-state index contributed by atoms with van der Waals surface area (Å²) in [6, 6.07) is 12.5. The summed E-state index contributed by atoms with van der Waals surface area (Å²) in [5, 5.41) is 13.8. The van der Waals surface area contributed by atoms with Crippen molar-refractivity contribution in [3.05, 3.63) is 71.6 Å². The number of aliphatic hydroxyl groups is 1. The molecule has 0 unspecified atom stereocenters. The first-order valence-electron chi connectivity index (χ1n) is 8.73. The Balaban J connectivity index is 1.48. The van der Waals surface area contributed by atoms with Crippen LogP contribution in [0.1, 0.15) is 29.1 Å². The fraction of sp³-hybridized carbons (Fsp3) is 0.368. The molecule has 0 saturated carbocycles. The number of fused-ring (bicyclic) bond motifs is 1. The van der Waals surface area contributed by atoms with Crippen LogP contribution < -0.4 is 0 Å². The van der Waals surface area contributed by atoms with Crippen LogP contribution in [0.3, 0.4) is 0 Å². The zero-order valence-corrected chi connectivity index (χ0v) is 14.3. The maximum atomic E-state index is 9.31. The van der Waals surface area contributed by atoms with E-state index in [9.17, 15) is 5.11 Å². The molecular formula is C19H23N5O. The highest BCUT2D eigenvalue weighted by atomic mass is 16.3. The highest BCUT2D eigenvalue weighted by Gasteiger charge is 2.18. The van der Waals surface area contributed by atoms with Crippen LogP contribution in [0.25, 0.3) is 0 Å². The van der Waals surface area contributed by atoms with Gasteiger partial charge in [-0.3, -0.25) is 9.58 Å². The molecule has 6 heteroatoms. The number of rotatable bonds is 5. The van der Waals surface area contributed by atoms with Gasteiger partial charge in [-0.2, -0.15) is 5.10 Å². The van der Waals surface area contributed by atoms with Gasteiger partial charge in [0.15, 0.2) is 0 Å². The topological polar surface area (TPSA) is 59.1 Å². The minimum Gasteiger partial charge on any atom is -0.390 e. The van der Waals surface area contributed by atoms with E-state index in [0.717, 1.165) is 44.8 Å². The third kappa shape index (κ3) is 3.65. The molecule has 130 valence electrons. The third-order valence-electron chi connectivity index (χ3n) is 4.69. The van der Waals surface area contributed by atoms with Crippen LogP contribution in [-0.2, 0) is 32.8 Å².